The van der Waals surface area contributed by atoms with Crippen LogP contribution in [0.25, 0.3) is 0 Å². The molecule has 12 heteroatoms. The molecule has 0 radical (unpaired) electrons. The molecule has 3 aromatic carbocycles. The quantitative estimate of drug-likeness (QED) is 0.382. The average Bonchev–Trinajstić information content (AvgIpc) is 2.74. The van der Waals surface area contributed by atoms with Gasteiger partial charge in [-0.1, -0.05) is 35.3 Å². The van der Waals surface area contributed by atoms with Gasteiger partial charge in [0.2, 0.25) is 0 Å². The van der Waals surface area contributed by atoms with Crippen molar-refractivity contribution in [2.75, 3.05) is 16.6 Å². The van der Waals surface area contributed by atoms with E-state index in [0.717, 1.165) is 29.8 Å². The van der Waals surface area contributed by atoms with E-state index < -0.39 is 34.3 Å². The molecule has 0 bridgehead atoms. The summed E-state index contributed by atoms with van der Waals surface area (Å²) >= 11 is 12.1. The van der Waals surface area contributed by atoms with Crippen LogP contribution in [-0.4, -0.2) is 20.9 Å². The number of alkyl halides is 3. The van der Waals surface area contributed by atoms with Gasteiger partial charge >= 0.3 is 6.18 Å². The number of anilines is 2. The highest BCUT2D eigenvalue weighted by atomic mass is 35.5. The number of benzene rings is 3. The van der Waals surface area contributed by atoms with Gasteiger partial charge in [-0.3, -0.25) is 9.52 Å². The van der Waals surface area contributed by atoms with E-state index in [1.54, 1.807) is 18.2 Å². The predicted octanol–water partition coefficient (Wildman–Crippen LogP) is 6.14. The van der Waals surface area contributed by atoms with Crippen LogP contribution in [0.3, 0.4) is 0 Å². The lowest BCUT2D eigenvalue weighted by Crippen LogP contribution is -2.20. The van der Waals surface area contributed by atoms with Crippen LogP contribution in [0.5, 0.6) is 5.75 Å². The van der Waals surface area contributed by atoms with Gasteiger partial charge in [0.25, 0.3) is 15.9 Å². The van der Waals surface area contributed by atoms with E-state index in [1.807, 2.05) is 6.92 Å². The zero-order valence-corrected chi connectivity index (χ0v) is 19.7. The lowest BCUT2D eigenvalue weighted by atomic mass is 10.2. The lowest BCUT2D eigenvalue weighted by molar-refractivity contribution is -0.137. The normalized spacial score (nSPS) is 11.7. The molecule has 3 aromatic rings. The number of carbonyl (C=O) groups excluding carboxylic acids is 1. The molecule has 180 valence electrons. The van der Waals surface area contributed by atoms with Crippen LogP contribution in [0.2, 0.25) is 10.0 Å². The Morgan fingerprint density at radius 3 is 2.35 bits per heavy atom. The summed E-state index contributed by atoms with van der Waals surface area (Å²) in [5.41, 5.74) is 0.0533. The number of halogens is 5. The maximum Gasteiger partial charge on any atom is 0.416 e. The summed E-state index contributed by atoms with van der Waals surface area (Å²) in [6.07, 6.45) is -4.62. The van der Waals surface area contributed by atoms with E-state index >= 15 is 0 Å². The smallest absolute Gasteiger partial charge is 0.416 e. The summed E-state index contributed by atoms with van der Waals surface area (Å²) in [6, 6.07) is 12.2. The van der Waals surface area contributed by atoms with Crippen LogP contribution in [0.1, 0.15) is 11.1 Å². The van der Waals surface area contributed by atoms with E-state index in [4.69, 9.17) is 27.9 Å². The Morgan fingerprint density at radius 1 is 0.971 bits per heavy atom. The SMILES string of the molecule is Cc1ccc(NC(=O)COc2ccc(S(=O)(=O)Nc3cccc(C(F)(F)F)c3)cc2Cl)cc1Cl. The molecule has 34 heavy (non-hydrogen) atoms. The summed E-state index contributed by atoms with van der Waals surface area (Å²) in [7, 11) is -4.24. The number of sulfonamides is 1. The molecule has 3 rings (SSSR count). The van der Waals surface area contributed by atoms with Gasteiger partial charge < -0.3 is 10.1 Å². The molecule has 0 atom stereocenters. The van der Waals surface area contributed by atoms with Gasteiger partial charge in [-0.05, 0) is 61.0 Å². The first kappa shape index (κ1) is 25.7. The molecule has 0 aliphatic heterocycles. The Hall–Kier alpha value is -2.95. The molecule has 0 saturated carbocycles. The van der Waals surface area contributed by atoms with Crippen LogP contribution >= 0.6 is 23.2 Å². The maximum absolute atomic E-state index is 12.9. The van der Waals surface area contributed by atoms with Crippen LogP contribution in [0.15, 0.2) is 65.6 Å². The highest BCUT2D eigenvalue weighted by Crippen LogP contribution is 2.32. The van der Waals surface area contributed by atoms with Gasteiger partial charge in [-0.2, -0.15) is 13.2 Å². The number of rotatable bonds is 7. The second-order valence-corrected chi connectivity index (χ2v) is 9.57. The third kappa shape index (κ3) is 6.55. The molecule has 0 spiro atoms. The topological polar surface area (TPSA) is 84.5 Å². The first-order valence-corrected chi connectivity index (χ1v) is 11.8. The fourth-order valence-electron chi connectivity index (χ4n) is 2.75. The Bertz CT molecular complexity index is 1330. The van der Waals surface area contributed by atoms with Crippen LogP contribution < -0.4 is 14.8 Å². The molecule has 0 fully saturated rings. The average molecular weight is 533 g/mol. The van der Waals surface area contributed by atoms with Gasteiger partial charge in [-0.15, -0.1) is 0 Å². The first-order chi connectivity index (χ1) is 15.8. The summed E-state index contributed by atoms with van der Waals surface area (Å²) < 4.78 is 71.2. The Morgan fingerprint density at radius 2 is 1.71 bits per heavy atom. The number of aryl methyl sites for hydroxylation is 1. The molecule has 0 saturated heterocycles. The van der Waals surface area contributed by atoms with Crippen LogP contribution in [-0.2, 0) is 21.0 Å². The minimum atomic E-state index is -4.62. The van der Waals surface area contributed by atoms with Crippen molar-refractivity contribution >= 4 is 50.5 Å². The second kappa shape index (κ2) is 10.1. The summed E-state index contributed by atoms with van der Waals surface area (Å²) in [4.78, 5) is 11.8. The number of hydrogen-bond acceptors (Lipinski definition) is 4. The molecule has 0 aromatic heterocycles. The van der Waals surface area contributed by atoms with Crippen molar-refractivity contribution in [3.05, 3.63) is 81.8 Å². The van der Waals surface area contributed by atoms with Gasteiger partial charge in [0.15, 0.2) is 6.61 Å². The van der Waals surface area contributed by atoms with Crippen molar-refractivity contribution in [3.8, 4) is 5.75 Å². The standard InChI is InChI=1S/C22H17Cl2F3N2O4S/c1-13-5-6-15(10-18(13)23)28-21(30)12-33-20-8-7-17(11-19(20)24)34(31,32)29-16-4-2-3-14(9-16)22(25,26)27/h2-11,29H,12H2,1H3,(H,28,30). The van der Waals surface area contributed by atoms with Crippen LogP contribution in [0.4, 0.5) is 24.5 Å². The first-order valence-electron chi connectivity index (χ1n) is 9.53. The number of amides is 1. The summed E-state index contributed by atoms with van der Waals surface area (Å²) in [6.45, 7) is 1.40. The molecule has 0 heterocycles. The van der Waals surface area contributed by atoms with Crippen molar-refractivity contribution in [1.29, 1.82) is 0 Å². The zero-order valence-electron chi connectivity index (χ0n) is 17.4. The van der Waals surface area contributed by atoms with Gasteiger partial charge in [0, 0.05) is 16.4 Å². The molecule has 1 amide bonds. The van der Waals surface area contributed by atoms with Gasteiger partial charge in [0.1, 0.15) is 5.75 Å². The van der Waals surface area contributed by atoms with E-state index in [9.17, 15) is 26.4 Å². The number of ether oxygens (including phenoxy) is 1. The maximum atomic E-state index is 12.9. The van der Waals surface area contributed by atoms with Crippen molar-refractivity contribution in [2.24, 2.45) is 0 Å². The van der Waals surface area contributed by atoms with E-state index in [-0.39, 0.29) is 21.4 Å². The molecule has 0 unspecified atom stereocenters. The highest BCUT2D eigenvalue weighted by molar-refractivity contribution is 7.92. The van der Waals surface area contributed by atoms with Gasteiger partial charge in [-0.25, -0.2) is 8.42 Å². The molecule has 0 aliphatic carbocycles. The monoisotopic (exact) mass is 532 g/mol. The van der Waals surface area contributed by atoms with Gasteiger partial charge in [0.05, 0.1) is 15.5 Å². The second-order valence-electron chi connectivity index (χ2n) is 7.08. The molecular formula is C22H17Cl2F3N2O4S. The largest absolute Gasteiger partial charge is 0.482 e. The number of carbonyl (C=O) groups is 1. The minimum absolute atomic E-state index is 0.0387. The van der Waals surface area contributed by atoms with E-state index in [2.05, 4.69) is 10.0 Å². The fraction of sp³-hybridized carbons (Fsp3) is 0.136. The third-order valence-corrected chi connectivity index (χ3v) is 6.55. The summed E-state index contributed by atoms with van der Waals surface area (Å²) in [5, 5.41) is 2.97. The fourth-order valence-corrected chi connectivity index (χ4v) is 4.31. The predicted molar refractivity (Wildman–Crippen MR) is 124 cm³/mol. The molecular weight excluding hydrogens is 516 g/mol. The Balaban J connectivity index is 1.67. The zero-order chi connectivity index (χ0) is 25.1. The molecule has 6 nitrogen and oxygen atoms in total. The number of nitrogens with one attached hydrogen (secondary N) is 2. The minimum Gasteiger partial charge on any atom is -0.482 e. The van der Waals surface area contributed by atoms with Crippen molar-refractivity contribution in [3.63, 3.8) is 0 Å². The van der Waals surface area contributed by atoms with Crippen molar-refractivity contribution < 1.29 is 31.1 Å². The highest BCUT2D eigenvalue weighted by Gasteiger charge is 2.30. The summed E-state index contributed by atoms with van der Waals surface area (Å²) in [5.74, 6) is -0.462. The third-order valence-electron chi connectivity index (χ3n) is 4.47. The van der Waals surface area contributed by atoms with Crippen LogP contribution in [0, 0.1) is 6.92 Å². The Labute approximate surface area is 203 Å². The molecule has 0 aliphatic rings. The van der Waals surface area contributed by atoms with Crippen molar-refractivity contribution in [2.45, 2.75) is 18.0 Å². The molecule has 2 N–H and O–H groups in total. The van der Waals surface area contributed by atoms with Crippen molar-refractivity contribution in [1.82, 2.24) is 0 Å². The number of hydrogen-bond donors (Lipinski definition) is 2. The Kier molecular flexibility index (Phi) is 7.64. The van der Waals surface area contributed by atoms with E-state index in [0.29, 0.717) is 16.8 Å². The van der Waals surface area contributed by atoms with E-state index in [1.165, 1.54) is 12.1 Å². The lowest BCUT2D eigenvalue weighted by Gasteiger charge is -2.13.